The minimum atomic E-state index is -0.639. The highest BCUT2D eigenvalue weighted by Gasteiger charge is 2.08. The van der Waals surface area contributed by atoms with Gasteiger partial charge in [-0.15, -0.1) is 5.10 Å². The maximum absolute atomic E-state index is 11.8. The molecule has 1 aromatic carbocycles. The first kappa shape index (κ1) is 15.5. The van der Waals surface area contributed by atoms with Gasteiger partial charge < -0.3 is 10.1 Å². The Balaban J connectivity index is 1.74. The molecule has 0 aliphatic rings. The Bertz CT molecular complexity index is 626. The van der Waals surface area contributed by atoms with E-state index in [1.807, 2.05) is 30.3 Å². The highest BCUT2D eigenvalue weighted by molar-refractivity contribution is 5.82. The number of carbonyl (C=O) groups excluding carboxylic acids is 2. The maximum atomic E-state index is 11.8. The number of aromatic nitrogens is 3. The zero-order chi connectivity index (χ0) is 15.8. The maximum Gasteiger partial charge on any atom is 0.412 e. The van der Waals surface area contributed by atoms with Gasteiger partial charge in [-0.2, -0.15) is 9.90 Å². The van der Waals surface area contributed by atoms with Gasteiger partial charge in [0.2, 0.25) is 5.91 Å². The van der Waals surface area contributed by atoms with E-state index in [1.54, 1.807) is 0 Å². The molecule has 2 N–H and O–H groups in total. The van der Waals surface area contributed by atoms with Gasteiger partial charge in [-0.3, -0.25) is 10.1 Å². The Morgan fingerprint density at radius 2 is 2.05 bits per heavy atom. The molecule has 0 saturated heterocycles. The Morgan fingerprint density at radius 1 is 1.27 bits per heavy atom. The van der Waals surface area contributed by atoms with Crippen molar-refractivity contribution in [2.75, 3.05) is 19.0 Å². The van der Waals surface area contributed by atoms with Crippen molar-refractivity contribution in [3.05, 3.63) is 42.1 Å². The molecule has 116 valence electrons. The molecule has 0 unspecified atom stereocenters. The van der Waals surface area contributed by atoms with Gasteiger partial charge in [0.15, 0.2) is 5.82 Å². The summed E-state index contributed by atoms with van der Waals surface area (Å²) in [7, 11) is 1.25. The number of carbonyl (C=O) groups is 2. The van der Waals surface area contributed by atoms with Crippen molar-refractivity contribution in [1.29, 1.82) is 0 Å². The summed E-state index contributed by atoms with van der Waals surface area (Å²) >= 11 is 0. The van der Waals surface area contributed by atoms with Crippen LogP contribution >= 0.6 is 0 Å². The Hall–Kier alpha value is -2.90. The van der Waals surface area contributed by atoms with E-state index in [9.17, 15) is 9.59 Å². The molecule has 0 atom stereocenters. The molecule has 2 amide bonds. The molecule has 0 spiro atoms. The van der Waals surface area contributed by atoms with E-state index in [0.717, 1.165) is 12.0 Å². The van der Waals surface area contributed by atoms with Crippen molar-refractivity contribution in [2.24, 2.45) is 0 Å². The molecule has 0 fully saturated rings. The van der Waals surface area contributed by atoms with Crippen LogP contribution in [0.3, 0.4) is 0 Å². The second kappa shape index (κ2) is 7.77. The number of hydrogen-bond donors (Lipinski definition) is 2. The van der Waals surface area contributed by atoms with Crippen LogP contribution in [-0.4, -0.2) is 40.6 Å². The van der Waals surface area contributed by atoms with E-state index in [4.69, 9.17) is 0 Å². The molecule has 1 heterocycles. The molecule has 22 heavy (non-hydrogen) atoms. The van der Waals surface area contributed by atoms with E-state index < -0.39 is 6.09 Å². The van der Waals surface area contributed by atoms with Crippen molar-refractivity contribution in [3.8, 4) is 0 Å². The quantitative estimate of drug-likeness (QED) is 0.823. The van der Waals surface area contributed by atoms with Crippen LogP contribution in [0.5, 0.6) is 0 Å². The lowest BCUT2D eigenvalue weighted by atomic mass is 10.1. The molecular weight excluding hydrogens is 286 g/mol. The minimum Gasteiger partial charge on any atom is -0.453 e. The fourth-order valence-corrected chi connectivity index (χ4v) is 1.76. The average Bonchev–Trinajstić information content (AvgIpc) is 2.95. The Labute approximate surface area is 127 Å². The van der Waals surface area contributed by atoms with E-state index >= 15 is 0 Å². The molecule has 0 radical (unpaired) electrons. The number of hydrogen-bond acceptors (Lipinski definition) is 5. The van der Waals surface area contributed by atoms with Gasteiger partial charge in [0.05, 0.1) is 13.3 Å². The van der Waals surface area contributed by atoms with Crippen molar-refractivity contribution in [3.63, 3.8) is 0 Å². The third-order valence-electron chi connectivity index (χ3n) is 2.82. The molecule has 2 rings (SSSR count). The van der Waals surface area contributed by atoms with Crippen LogP contribution in [0.1, 0.15) is 5.56 Å². The lowest BCUT2D eigenvalue weighted by molar-refractivity contribution is -0.122. The van der Waals surface area contributed by atoms with E-state index in [0.29, 0.717) is 6.54 Å². The third-order valence-corrected chi connectivity index (χ3v) is 2.82. The van der Waals surface area contributed by atoms with Gasteiger partial charge in [0.25, 0.3) is 0 Å². The molecule has 2 aromatic rings. The van der Waals surface area contributed by atoms with Crippen molar-refractivity contribution >= 4 is 17.8 Å². The number of anilines is 1. The van der Waals surface area contributed by atoms with Crippen molar-refractivity contribution < 1.29 is 14.3 Å². The Morgan fingerprint density at radius 3 is 2.77 bits per heavy atom. The fourth-order valence-electron chi connectivity index (χ4n) is 1.76. The van der Waals surface area contributed by atoms with Crippen LogP contribution in [0.15, 0.2) is 36.5 Å². The van der Waals surface area contributed by atoms with E-state index in [2.05, 4.69) is 25.6 Å². The van der Waals surface area contributed by atoms with Crippen molar-refractivity contribution in [2.45, 2.75) is 13.0 Å². The number of nitrogens with one attached hydrogen (secondary N) is 2. The summed E-state index contributed by atoms with van der Waals surface area (Å²) in [6.07, 6.45) is 1.46. The molecular formula is C14H17N5O3. The monoisotopic (exact) mass is 303 g/mol. The fraction of sp³-hybridized carbons (Fsp3) is 0.286. The standard InChI is InChI=1S/C14H17N5O3/c1-22-14(21)17-12-9-16-19(18-12)10-13(20)15-8-7-11-5-3-2-4-6-11/h2-6,9H,7-8,10H2,1H3,(H,15,20)(H,17,18,21). The third kappa shape index (κ3) is 4.89. The van der Waals surface area contributed by atoms with Gasteiger partial charge in [-0.1, -0.05) is 30.3 Å². The zero-order valence-corrected chi connectivity index (χ0v) is 12.2. The van der Waals surface area contributed by atoms with Crippen molar-refractivity contribution in [1.82, 2.24) is 20.3 Å². The summed E-state index contributed by atoms with van der Waals surface area (Å²) in [4.78, 5) is 24.0. The number of nitrogens with zero attached hydrogens (tertiary/aromatic N) is 3. The summed E-state index contributed by atoms with van der Waals surface area (Å²) in [6.45, 7) is 0.523. The molecule has 0 aliphatic carbocycles. The highest BCUT2D eigenvalue weighted by atomic mass is 16.5. The number of amides is 2. The average molecular weight is 303 g/mol. The normalized spacial score (nSPS) is 10.0. The van der Waals surface area contributed by atoms with Crippen LogP contribution in [-0.2, 0) is 22.5 Å². The van der Waals surface area contributed by atoms with Gasteiger partial charge in [0.1, 0.15) is 6.54 Å². The van der Waals surface area contributed by atoms with E-state index in [1.165, 1.54) is 18.1 Å². The highest BCUT2D eigenvalue weighted by Crippen LogP contribution is 2.00. The van der Waals surface area contributed by atoms with Gasteiger partial charge in [-0.05, 0) is 12.0 Å². The number of methoxy groups -OCH3 is 1. The smallest absolute Gasteiger partial charge is 0.412 e. The zero-order valence-electron chi connectivity index (χ0n) is 12.2. The first-order valence-electron chi connectivity index (χ1n) is 6.73. The van der Waals surface area contributed by atoms with Gasteiger partial charge in [0, 0.05) is 6.54 Å². The molecule has 0 aliphatic heterocycles. The van der Waals surface area contributed by atoms with Gasteiger partial charge >= 0.3 is 6.09 Å². The van der Waals surface area contributed by atoms with Gasteiger partial charge in [-0.25, -0.2) is 4.79 Å². The van der Waals surface area contributed by atoms with Crippen LogP contribution in [0.25, 0.3) is 0 Å². The summed E-state index contributed by atoms with van der Waals surface area (Å²) in [5.41, 5.74) is 1.16. The summed E-state index contributed by atoms with van der Waals surface area (Å²) in [5, 5.41) is 13.0. The SMILES string of the molecule is COC(=O)Nc1cnn(CC(=O)NCCc2ccccc2)n1. The first-order valence-corrected chi connectivity index (χ1v) is 6.73. The molecule has 0 bridgehead atoms. The lowest BCUT2D eigenvalue weighted by Gasteiger charge is -2.04. The van der Waals surface area contributed by atoms with Crippen LogP contribution in [0, 0.1) is 0 Å². The summed E-state index contributed by atoms with van der Waals surface area (Å²) in [6, 6.07) is 9.88. The first-order chi connectivity index (χ1) is 10.7. The largest absolute Gasteiger partial charge is 0.453 e. The predicted molar refractivity (Wildman–Crippen MR) is 79.2 cm³/mol. The predicted octanol–water partition coefficient (Wildman–Crippen LogP) is 0.815. The molecule has 0 saturated carbocycles. The van der Waals surface area contributed by atoms with E-state index in [-0.39, 0.29) is 18.3 Å². The number of rotatable bonds is 6. The second-order valence-electron chi connectivity index (χ2n) is 4.46. The minimum absolute atomic E-state index is 0.0162. The topological polar surface area (TPSA) is 98.1 Å². The molecule has 8 nitrogen and oxygen atoms in total. The lowest BCUT2D eigenvalue weighted by Crippen LogP contribution is -2.30. The summed E-state index contributed by atoms with van der Waals surface area (Å²) < 4.78 is 4.43. The second-order valence-corrected chi connectivity index (χ2v) is 4.46. The summed E-state index contributed by atoms with van der Waals surface area (Å²) in [5.74, 6) is 0.0279. The Kier molecular flexibility index (Phi) is 5.47. The number of ether oxygens (including phenoxy) is 1. The molecule has 8 heteroatoms. The van der Waals surface area contributed by atoms with Crippen LogP contribution < -0.4 is 10.6 Å². The van der Waals surface area contributed by atoms with Crippen LogP contribution in [0.4, 0.5) is 10.6 Å². The molecule has 1 aromatic heterocycles. The van der Waals surface area contributed by atoms with Crippen LogP contribution in [0.2, 0.25) is 0 Å². The number of benzene rings is 1.